The van der Waals surface area contributed by atoms with E-state index in [4.69, 9.17) is 9.47 Å². The van der Waals surface area contributed by atoms with E-state index in [-0.39, 0.29) is 17.3 Å². The summed E-state index contributed by atoms with van der Waals surface area (Å²) in [7, 11) is 2.93. The zero-order valence-corrected chi connectivity index (χ0v) is 14.3. The van der Waals surface area contributed by atoms with E-state index in [2.05, 4.69) is 0 Å². The van der Waals surface area contributed by atoms with Crippen molar-refractivity contribution in [2.45, 2.75) is 0 Å². The molecule has 0 unspecified atom stereocenters. The Hall–Kier alpha value is -3.54. The van der Waals surface area contributed by atoms with Crippen LogP contribution in [0.1, 0.15) is 10.4 Å². The molecule has 2 aromatic carbocycles. The zero-order valence-electron chi connectivity index (χ0n) is 14.3. The van der Waals surface area contributed by atoms with E-state index in [1.807, 2.05) is 36.4 Å². The van der Waals surface area contributed by atoms with Gasteiger partial charge in [-0.25, -0.2) is 0 Å². The number of hydrogen-bond donors (Lipinski definition) is 0. The zero-order chi connectivity index (χ0) is 18.3. The SMILES string of the molecule is COc1c(-c2ccccc2)c(OC)[n+]2n1C(=O)C(c1ccccc1)=C2[O-]. The van der Waals surface area contributed by atoms with Gasteiger partial charge in [0.05, 0.1) is 14.2 Å². The summed E-state index contributed by atoms with van der Waals surface area (Å²) in [5.74, 6) is -0.369. The highest BCUT2D eigenvalue weighted by molar-refractivity contribution is 6.25. The number of methoxy groups -OCH3 is 2. The summed E-state index contributed by atoms with van der Waals surface area (Å²) >= 11 is 0. The third kappa shape index (κ3) is 2.12. The number of carbonyl (C=O) groups excluding carboxylic acids is 1. The number of fused-ring (bicyclic) bond motifs is 1. The maximum absolute atomic E-state index is 13.0. The second kappa shape index (κ2) is 6.07. The van der Waals surface area contributed by atoms with Crippen LogP contribution in [0.25, 0.3) is 22.6 Å². The summed E-state index contributed by atoms with van der Waals surface area (Å²) in [6, 6.07) is 18.2. The van der Waals surface area contributed by atoms with Crippen molar-refractivity contribution in [3.05, 3.63) is 66.2 Å². The monoisotopic (exact) mass is 348 g/mol. The summed E-state index contributed by atoms with van der Waals surface area (Å²) in [5.41, 5.74) is 1.99. The second-order valence-electron chi connectivity index (χ2n) is 5.73. The van der Waals surface area contributed by atoms with Crippen molar-refractivity contribution < 1.29 is 24.1 Å². The average molecular weight is 348 g/mol. The Morgan fingerprint density at radius 1 is 0.885 bits per heavy atom. The highest BCUT2D eigenvalue weighted by Gasteiger charge is 2.44. The van der Waals surface area contributed by atoms with Crippen LogP contribution < -0.4 is 19.3 Å². The standard InChI is InChI=1S/C20H16N2O4/c1-25-19-16(14-11-7-4-8-12-14)20(26-2)22-18(24)15(17(23)21(19)22)13-9-5-3-6-10-13/h3-12H,1-2H3. The van der Waals surface area contributed by atoms with Crippen molar-refractivity contribution in [2.75, 3.05) is 14.2 Å². The van der Waals surface area contributed by atoms with E-state index in [9.17, 15) is 9.90 Å². The molecule has 2 heterocycles. The fourth-order valence-electron chi connectivity index (χ4n) is 3.23. The third-order valence-electron chi connectivity index (χ3n) is 4.34. The van der Waals surface area contributed by atoms with E-state index in [1.165, 1.54) is 23.6 Å². The molecule has 1 aliphatic heterocycles. The summed E-state index contributed by atoms with van der Waals surface area (Å²) < 4.78 is 13.5. The average Bonchev–Trinajstić information content (AvgIpc) is 3.15. The fraction of sp³-hybridized carbons (Fsp3) is 0.100. The summed E-state index contributed by atoms with van der Waals surface area (Å²) in [5, 5.41) is 13.0. The fourth-order valence-corrected chi connectivity index (χ4v) is 3.23. The lowest BCUT2D eigenvalue weighted by Gasteiger charge is -2.05. The molecule has 0 fully saturated rings. The normalized spacial score (nSPS) is 13.1. The van der Waals surface area contributed by atoms with Crippen molar-refractivity contribution in [1.82, 2.24) is 4.68 Å². The minimum absolute atomic E-state index is 0.0850. The van der Waals surface area contributed by atoms with Crippen molar-refractivity contribution in [3.63, 3.8) is 0 Å². The van der Waals surface area contributed by atoms with Gasteiger partial charge in [-0.1, -0.05) is 60.7 Å². The maximum Gasteiger partial charge on any atom is 0.410 e. The van der Waals surface area contributed by atoms with Crippen molar-refractivity contribution >= 4 is 17.4 Å². The molecular formula is C20H16N2O4. The first-order chi connectivity index (χ1) is 12.7. The van der Waals surface area contributed by atoms with Crippen LogP contribution in [0.3, 0.4) is 0 Å². The Kier molecular flexibility index (Phi) is 3.73. The van der Waals surface area contributed by atoms with E-state index >= 15 is 0 Å². The highest BCUT2D eigenvalue weighted by atomic mass is 16.5. The van der Waals surface area contributed by atoms with Crippen LogP contribution in [0.2, 0.25) is 0 Å². The molecule has 0 amide bonds. The molecule has 0 atom stereocenters. The molecule has 0 aliphatic carbocycles. The van der Waals surface area contributed by atoms with Gasteiger partial charge < -0.3 is 14.6 Å². The molecule has 0 spiro atoms. The molecule has 0 N–H and O–H groups in total. The van der Waals surface area contributed by atoms with Crippen LogP contribution >= 0.6 is 0 Å². The van der Waals surface area contributed by atoms with Crippen LogP contribution in [0.5, 0.6) is 11.8 Å². The number of ether oxygens (including phenoxy) is 2. The summed E-state index contributed by atoms with van der Waals surface area (Å²) in [6.45, 7) is 0. The Morgan fingerprint density at radius 3 is 2.00 bits per heavy atom. The number of aromatic nitrogens is 2. The number of nitrogens with zero attached hydrogens (tertiary/aromatic N) is 2. The van der Waals surface area contributed by atoms with Gasteiger partial charge in [-0.15, -0.1) is 0 Å². The van der Waals surface area contributed by atoms with Gasteiger partial charge in [-0.3, -0.25) is 4.79 Å². The van der Waals surface area contributed by atoms with Gasteiger partial charge in [0, 0.05) is 0 Å². The Labute approximate surface area is 150 Å². The first-order valence-electron chi connectivity index (χ1n) is 8.05. The van der Waals surface area contributed by atoms with E-state index in [0.717, 1.165) is 5.56 Å². The molecule has 4 rings (SSSR count). The van der Waals surface area contributed by atoms with Crippen LogP contribution in [-0.4, -0.2) is 24.8 Å². The molecule has 3 aromatic rings. The second-order valence-corrected chi connectivity index (χ2v) is 5.73. The van der Waals surface area contributed by atoms with Crippen LogP contribution in [0.15, 0.2) is 60.7 Å². The quantitative estimate of drug-likeness (QED) is 0.675. The lowest BCUT2D eigenvalue weighted by Crippen LogP contribution is -2.44. The first kappa shape index (κ1) is 16.0. The largest absolute Gasteiger partial charge is 0.820 e. The molecule has 0 bridgehead atoms. The number of hydrogen-bond acceptors (Lipinski definition) is 4. The smallest absolute Gasteiger partial charge is 0.410 e. The Balaban J connectivity index is 2.01. The molecule has 0 radical (unpaired) electrons. The van der Waals surface area contributed by atoms with Crippen LogP contribution in [-0.2, 0) is 0 Å². The van der Waals surface area contributed by atoms with Crippen LogP contribution in [0.4, 0.5) is 0 Å². The van der Waals surface area contributed by atoms with Crippen LogP contribution in [0, 0.1) is 0 Å². The van der Waals surface area contributed by atoms with E-state index in [0.29, 0.717) is 11.1 Å². The van der Waals surface area contributed by atoms with Gasteiger partial charge in [0.15, 0.2) is 11.4 Å². The Bertz CT molecular complexity index is 1020. The lowest BCUT2D eigenvalue weighted by molar-refractivity contribution is -0.713. The molecule has 26 heavy (non-hydrogen) atoms. The van der Waals surface area contributed by atoms with Gasteiger partial charge in [0.1, 0.15) is 5.57 Å². The van der Waals surface area contributed by atoms with Gasteiger partial charge in [-0.05, 0) is 20.5 Å². The molecule has 0 saturated heterocycles. The molecule has 1 aliphatic rings. The van der Waals surface area contributed by atoms with Crippen molar-refractivity contribution in [1.29, 1.82) is 0 Å². The summed E-state index contributed by atoms with van der Waals surface area (Å²) in [4.78, 5) is 13.0. The molecule has 6 nitrogen and oxygen atoms in total. The van der Waals surface area contributed by atoms with E-state index in [1.54, 1.807) is 24.3 Å². The molecule has 6 heteroatoms. The minimum Gasteiger partial charge on any atom is -0.820 e. The minimum atomic E-state index is -0.446. The molecular weight excluding hydrogens is 332 g/mol. The molecule has 130 valence electrons. The predicted molar refractivity (Wildman–Crippen MR) is 93.3 cm³/mol. The lowest BCUT2D eigenvalue weighted by atomic mass is 10.1. The van der Waals surface area contributed by atoms with E-state index < -0.39 is 11.8 Å². The maximum atomic E-state index is 13.0. The van der Waals surface area contributed by atoms with Crippen molar-refractivity contribution in [2.24, 2.45) is 0 Å². The molecule has 1 aromatic heterocycles. The van der Waals surface area contributed by atoms with Gasteiger partial charge in [-0.2, -0.15) is 0 Å². The number of benzene rings is 2. The van der Waals surface area contributed by atoms with Crippen molar-refractivity contribution in [3.8, 4) is 22.9 Å². The van der Waals surface area contributed by atoms with Gasteiger partial charge in [0.2, 0.25) is 0 Å². The van der Waals surface area contributed by atoms with Gasteiger partial charge >= 0.3 is 11.8 Å². The first-order valence-corrected chi connectivity index (χ1v) is 8.05. The number of rotatable bonds is 4. The number of carbonyl (C=O) groups is 1. The number of allylic oxidation sites excluding steroid dienone is 1. The summed E-state index contributed by atoms with van der Waals surface area (Å²) in [6.07, 6.45) is 0. The van der Waals surface area contributed by atoms with Gasteiger partial charge in [0.25, 0.3) is 5.88 Å². The third-order valence-corrected chi connectivity index (χ3v) is 4.34. The topological polar surface area (TPSA) is 67.4 Å². The molecule has 0 saturated carbocycles. The highest BCUT2D eigenvalue weighted by Crippen LogP contribution is 2.40. The predicted octanol–water partition coefficient (Wildman–Crippen LogP) is 1.80. The Morgan fingerprint density at radius 2 is 1.46 bits per heavy atom.